The predicted octanol–water partition coefficient (Wildman–Crippen LogP) is 6.01. The van der Waals surface area contributed by atoms with Gasteiger partial charge in [-0.15, -0.1) is 0 Å². The van der Waals surface area contributed by atoms with Gasteiger partial charge in [0.1, 0.15) is 22.8 Å². The van der Waals surface area contributed by atoms with Gasteiger partial charge in [-0.25, -0.2) is 4.79 Å². The Kier molecular flexibility index (Phi) is 5.80. The molecule has 0 aromatic heterocycles. The molecule has 0 amide bonds. The first-order valence-corrected chi connectivity index (χ1v) is 9.84. The first kappa shape index (κ1) is 20.3. The average Bonchev–Trinajstić information content (AvgIpc) is 3.21. The van der Waals surface area contributed by atoms with Crippen molar-refractivity contribution in [3.05, 3.63) is 83.9 Å². The summed E-state index contributed by atoms with van der Waals surface area (Å²) in [5.41, 5.74) is 2.59. The molecule has 3 aromatic rings. The molecule has 0 unspecified atom stereocenters. The van der Waals surface area contributed by atoms with Crippen molar-refractivity contribution in [2.75, 3.05) is 13.2 Å². The van der Waals surface area contributed by atoms with Gasteiger partial charge in [-0.1, -0.05) is 36.4 Å². The van der Waals surface area contributed by atoms with E-state index < -0.39 is 11.9 Å². The molecule has 0 saturated heterocycles. The molecule has 156 valence electrons. The minimum absolute atomic E-state index is 0.0513. The average molecular weight is 417 g/mol. The highest BCUT2D eigenvalue weighted by Crippen LogP contribution is 2.32. The highest BCUT2D eigenvalue weighted by atomic mass is 19.1. The molecule has 1 N–H and O–H groups in total. The third kappa shape index (κ3) is 4.48. The van der Waals surface area contributed by atoms with Crippen LogP contribution in [0.25, 0.3) is 16.7 Å². The second-order valence-corrected chi connectivity index (χ2v) is 6.85. The van der Waals surface area contributed by atoms with Crippen LogP contribution in [-0.2, 0) is 0 Å². The number of aliphatic imine (C=N–C) groups is 1. The fourth-order valence-electron chi connectivity index (χ4n) is 3.35. The fraction of sp³-hybridized carbons (Fsp3) is 0.120. The normalized spacial score (nSPS) is 12.8. The Morgan fingerprint density at radius 1 is 1.00 bits per heavy atom. The maximum Gasteiger partial charge on any atom is 0.339 e. The zero-order valence-corrected chi connectivity index (χ0v) is 16.8. The van der Waals surface area contributed by atoms with Crippen LogP contribution in [0.3, 0.4) is 0 Å². The van der Waals surface area contributed by atoms with Crippen molar-refractivity contribution in [2.45, 2.75) is 6.92 Å². The van der Waals surface area contributed by atoms with Crippen LogP contribution in [0.5, 0.6) is 17.2 Å². The topological polar surface area (TPSA) is 68.1 Å². The van der Waals surface area contributed by atoms with Gasteiger partial charge in [0.25, 0.3) is 0 Å². The van der Waals surface area contributed by atoms with Crippen molar-refractivity contribution in [3.63, 3.8) is 0 Å². The smallest absolute Gasteiger partial charge is 0.339 e. The Bertz CT molecular complexity index is 1180. The summed E-state index contributed by atoms with van der Waals surface area (Å²) >= 11 is 0. The summed E-state index contributed by atoms with van der Waals surface area (Å²) < 4.78 is 25.2. The van der Waals surface area contributed by atoms with Gasteiger partial charge in [0.2, 0.25) is 5.97 Å². The van der Waals surface area contributed by atoms with Crippen LogP contribution >= 0.6 is 0 Å². The number of rotatable bonds is 7. The van der Waals surface area contributed by atoms with Crippen LogP contribution in [-0.4, -0.2) is 30.2 Å². The number of aromatic carboxylic acids is 1. The van der Waals surface area contributed by atoms with E-state index in [0.717, 1.165) is 16.9 Å². The SMILES string of the molecule is CCOc1ccc(-c2cccc(Oc3ccc(C4=CCN=C4F)cc3C(=O)O)c2)cc1. The zero-order chi connectivity index (χ0) is 21.8. The van der Waals surface area contributed by atoms with Gasteiger partial charge in [0.15, 0.2) is 0 Å². The molecule has 0 spiro atoms. The molecule has 5 nitrogen and oxygen atoms in total. The van der Waals surface area contributed by atoms with Crippen LogP contribution in [0.4, 0.5) is 4.39 Å². The highest BCUT2D eigenvalue weighted by molar-refractivity contribution is 6.20. The van der Waals surface area contributed by atoms with E-state index in [1.165, 1.54) is 12.1 Å². The lowest BCUT2D eigenvalue weighted by atomic mass is 10.0. The lowest BCUT2D eigenvalue weighted by Crippen LogP contribution is -2.02. The second-order valence-electron chi connectivity index (χ2n) is 6.85. The quantitative estimate of drug-likeness (QED) is 0.511. The van der Waals surface area contributed by atoms with E-state index in [1.807, 2.05) is 49.4 Å². The third-order valence-corrected chi connectivity index (χ3v) is 4.83. The summed E-state index contributed by atoms with van der Waals surface area (Å²) in [4.78, 5) is 15.5. The first-order chi connectivity index (χ1) is 15.0. The molecular formula is C25H20FNO4. The molecule has 0 saturated carbocycles. The van der Waals surface area contributed by atoms with Crippen LogP contribution in [0.1, 0.15) is 22.8 Å². The Morgan fingerprint density at radius 3 is 2.45 bits per heavy atom. The molecule has 1 heterocycles. The van der Waals surface area contributed by atoms with Gasteiger partial charge in [0.05, 0.1) is 13.2 Å². The molecule has 1 aliphatic heterocycles. The molecule has 0 radical (unpaired) electrons. The van der Waals surface area contributed by atoms with Crippen molar-refractivity contribution in [1.29, 1.82) is 0 Å². The Morgan fingerprint density at radius 2 is 1.77 bits per heavy atom. The fourth-order valence-corrected chi connectivity index (χ4v) is 3.35. The van der Waals surface area contributed by atoms with Gasteiger partial charge in [-0.05, 0) is 60.0 Å². The largest absolute Gasteiger partial charge is 0.494 e. The molecule has 0 bridgehead atoms. The van der Waals surface area contributed by atoms with E-state index in [4.69, 9.17) is 9.47 Å². The molecule has 4 rings (SSSR count). The van der Waals surface area contributed by atoms with E-state index in [2.05, 4.69) is 4.99 Å². The monoisotopic (exact) mass is 417 g/mol. The lowest BCUT2D eigenvalue weighted by molar-refractivity contribution is 0.0694. The molecule has 0 atom stereocenters. The molecule has 0 fully saturated rings. The number of allylic oxidation sites excluding steroid dienone is 1. The summed E-state index contributed by atoms with van der Waals surface area (Å²) in [5.74, 6) is -0.280. The van der Waals surface area contributed by atoms with Crippen molar-refractivity contribution in [2.24, 2.45) is 4.99 Å². The molecule has 3 aromatic carbocycles. The number of hydrogen-bond donors (Lipinski definition) is 1. The third-order valence-electron chi connectivity index (χ3n) is 4.83. The van der Waals surface area contributed by atoms with Crippen molar-refractivity contribution < 1.29 is 23.8 Å². The van der Waals surface area contributed by atoms with Gasteiger partial charge in [0, 0.05) is 5.57 Å². The minimum Gasteiger partial charge on any atom is -0.494 e. The maximum absolute atomic E-state index is 13.8. The Hall–Kier alpha value is -3.93. The maximum atomic E-state index is 13.8. The number of carboxylic acid groups (broad SMARTS) is 1. The number of halogens is 1. The molecule has 31 heavy (non-hydrogen) atoms. The first-order valence-electron chi connectivity index (χ1n) is 9.84. The van der Waals surface area contributed by atoms with E-state index in [-0.39, 0.29) is 17.9 Å². The lowest BCUT2D eigenvalue weighted by Gasteiger charge is -2.12. The molecule has 0 aliphatic carbocycles. The number of hydrogen-bond acceptors (Lipinski definition) is 4. The van der Waals surface area contributed by atoms with Crippen molar-refractivity contribution in [1.82, 2.24) is 0 Å². The van der Waals surface area contributed by atoms with E-state index in [1.54, 1.807) is 18.2 Å². The van der Waals surface area contributed by atoms with Crippen molar-refractivity contribution >= 4 is 17.5 Å². The van der Waals surface area contributed by atoms with Gasteiger partial charge < -0.3 is 14.6 Å². The summed E-state index contributed by atoms with van der Waals surface area (Å²) in [7, 11) is 0. The molecule has 6 heteroatoms. The summed E-state index contributed by atoms with van der Waals surface area (Å²) in [6.07, 6.45) is 1.62. The van der Waals surface area contributed by atoms with E-state index in [9.17, 15) is 14.3 Å². The minimum atomic E-state index is -1.16. The predicted molar refractivity (Wildman–Crippen MR) is 118 cm³/mol. The van der Waals surface area contributed by atoms with Crippen LogP contribution in [0, 0.1) is 0 Å². The number of carbonyl (C=O) groups is 1. The van der Waals surface area contributed by atoms with E-state index in [0.29, 0.717) is 23.5 Å². The highest BCUT2D eigenvalue weighted by Gasteiger charge is 2.19. The second kappa shape index (κ2) is 8.83. The number of benzene rings is 3. The summed E-state index contributed by atoms with van der Waals surface area (Å²) in [5, 5.41) is 9.64. The summed E-state index contributed by atoms with van der Waals surface area (Å²) in [6.45, 7) is 2.78. The number of carboxylic acids is 1. The van der Waals surface area contributed by atoms with Crippen LogP contribution < -0.4 is 9.47 Å². The molecular weight excluding hydrogens is 397 g/mol. The van der Waals surface area contributed by atoms with Crippen LogP contribution in [0.15, 0.2) is 77.8 Å². The van der Waals surface area contributed by atoms with Crippen molar-refractivity contribution in [3.8, 4) is 28.4 Å². The van der Waals surface area contributed by atoms with Gasteiger partial charge >= 0.3 is 5.97 Å². The van der Waals surface area contributed by atoms with Crippen LogP contribution in [0.2, 0.25) is 0 Å². The molecule has 1 aliphatic rings. The standard InChI is InChI=1S/C25H20FNO4/c1-2-30-19-9-6-16(7-10-19)17-4-3-5-20(14-17)31-23-11-8-18(15-22(23)25(28)29)21-12-13-27-24(21)26/h3-12,14-15H,2,13H2,1H3,(H,28,29). The zero-order valence-electron chi connectivity index (χ0n) is 16.8. The van der Waals surface area contributed by atoms with Gasteiger partial charge in [-0.2, -0.15) is 4.39 Å². The number of ether oxygens (including phenoxy) is 2. The summed E-state index contributed by atoms with van der Waals surface area (Å²) in [6, 6.07) is 19.6. The Balaban J connectivity index is 1.61. The van der Waals surface area contributed by atoms with E-state index >= 15 is 0 Å². The van der Waals surface area contributed by atoms with Gasteiger partial charge in [-0.3, -0.25) is 4.99 Å². The number of nitrogens with zero attached hydrogens (tertiary/aromatic N) is 1. The Labute approximate surface area is 179 Å².